The van der Waals surface area contributed by atoms with Gasteiger partial charge in [0, 0.05) is 64.3 Å². The van der Waals surface area contributed by atoms with Crippen molar-refractivity contribution in [3.8, 4) is 0 Å². The fraction of sp³-hybridized carbons (Fsp3) is 0.618. The van der Waals surface area contributed by atoms with Crippen molar-refractivity contribution < 1.29 is 22.0 Å². The van der Waals surface area contributed by atoms with E-state index in [9.17, 15) is 22.0 Å². The molecule has 1 amide bonds. The number of amides is 1. The number of halogens is 4. The van der Waals surface area contributed by atoms with E-state index >= 15 is 0 Å². The fourth-order valence-electron chi connectivity index (χ4n) is 8.09. The van der Waals surface area contributed by atoms with Crippen molar-refractivity contribution >= 4 is 40.6 Å². The van der Waals surface area contributed by atoms with Crippen molar-refractivity contribution in [2.24, 2.45) is 17.3 Å². The maximum absolute atomic E-state index is 13.7. The molecule has 6 rings (SSSR count). The summed E-state index contributed by atoms with van der Waals surface area (Å²) in [5, 5.41) is 0. The van der Waals surface area contributed by atoms with Gasteiger partial charge in [-0.05, 0) is 80.3 Å². The number of likely N-dealkylation sites (tertiary alicyclic amines) is 3. The molecule has 0 radical (unpaired) electrons. The van der Waals surface area contributed by atoms with Crippen LogP contribution in [0.25, 0.3) is 0 Å². The third kappa shape index (κ3) is 8.39. The van der Waals surface area contributed by atoms with E-state index in [1.54, 1.807) is 12.1 Å². The lowest BCUT2D eigenvalue weighted by molar-refractivity contribution is -0.139. The first-order chi connectivity index (χ1) is 20.5. The van der Waals surface area contributed by atoms with Gasteiger partial charge in [0.05, 0.1) is 10.3 Å². The van der Waals surface area contributed by atoms with Crippen LogP contribution in [-0.2, 0) is 21.2 Å². The van der Waals surface area contributed by atoms with Crippen LogP contribution in [0.5, 0.6) is 0 Å². The summed E-state index contributed by atoms with van der Waals surface area (Å²) >= 11 is 0. The highest BCUT2D eigenvalue weighted by Crippen LogP contribution is 2.43. The topological polar surface area (TPSA) is 60.9 Å². The van der Waals surface area contributed by atoms with Crippen molar-refractivity contribution in [1.29, 1.82) is 0 Å². The minimum absolute atomic E-state index is 0. The van der Waals surface area contributed by atoms with Gasteiger partial charge in [-0.25, -0.2) is 17.2 Å². The van der Waals surface area contributed by atoms with Crippen LogP contribution in [0.2, 0.25) is 0 Å². The van der Waals surface area contributed by atoms with E-state index in [2.05, 4.69) is 40.1 Å². The molecule has 4 fully saturated rings. The van der Waals surface area contributed by atoms with Crippen LogP contribution in [0.4, 0.5) is 8.78 Å². The standard InChI is InChI=1S/C34H45F2N3O3S.2ClH/c1-43(41,42)30-9-7-26(8-10-30)22-39-20-17-33(32(39)40)15-18-37(19-16-33)23-29-24-38(21-27-11-13-34(35,36)14-12-27)25-31(29)28-5-3-2-4-6-28;;/h2-10,27,29,31H,11-25H2,1H3;2*1H/t29-,31+;;/m0../s1. The van der Waals surface area contributed by atoms with E-state index in [0.717, 1.165) is 70.6 Å². The first-order valence-electron chi connectivity index (χ1n) is 16.0. The fourth-order valence-corrected chi connectivity index (χ4v) is 8.72. The lowest BCUT2D eigenvalue weighted by atomic mass is 9.76. The van der Waals surface area contributed by atoms with Gasteiger partial charge in [-0.3, -0.25) is 4.79 Å². The van der Waals surface area contributed by atoms with Crippen molar-refractivity contribution in [3.05, 3.63) is 65.7 Å². The Bertz CT molecular complexity index is 1380. The average molecular weight is 687 g/mol. The number of piperidine rings is 1. The molecule has 0 unspecified atom stereocenters. The quantitative estimate of drug-likeness (QED) is 0.327. The highest BCUT2D eigenvalue weighted by atomic mass is 35.5. The van der Waals surface area contributed by atoms with Crippen LogP contribution in [0.3, 0.4) is 0 Å². The Balaban J connectivity index is 0.00000230. The molecule has 2 aromatic carbocycles. The molecule has 1 saturated carbocycles. The van der Waals surface area contributed by atoms with Crippen LogP contribution < -0.4 is 0 Å². The molecule has 11 heteroatoms. The number of carbonyl (C=O) groups is 1. The molecule has 1 aliphatic carbocycles. The second-order valence-corrected chi connectivity index (χ2v) is 15.8. The molecule has 0 N–H and O–H groups in total. The van der Waals surface area contributed by atoms with Gasteiger partial charge < -0.3 is 14.7 Å². The lowest BCUT2D eigenvalue weighted by Gasteiger charge is -2.39. The van der Waals surface area contributed by atoms with Crippen LogP contribution >= 0.6 is 24.8 Å². The lowest BCUT2D eigenvalue weighted by Crippen LogP contribution is -2.46. The van der Waals surface area contributed by atoms with Crippen LogP contribution in [0, 0.1) is 17.3 Å². The number of hydrogen-bond donors (Lipinski definition) is 0. The molecular weight excluding hydrogens is 639 g/mol. The number of hydrogen-bond acceptors (Lipinski definition) is 5. The molecular formula is C34H47Cl2F2N3O3S. The van der Waals surface area contributed by atoms with Gasteiger partial charge >= 0.3 is 0 Å². The zero-order valence-electron chi connectivity index (χ0n) is 26.1. The number of benzene rings is 2. The molecule has 3 aliphatic heterocycles. The van der Waals surface area contributed by atoms with E-state index in [1.807, 2.05) is 17.0 Å². The Morgan fingerprint density at radius 2 is 1.42 bits per heavy atom. The first-order valence-corrected chi connectivity index (χ1v) is 17.8. The van der Waals surface area contributed by atoms with E-state index in [1.165, 1.54) is 11.8 Å². The average Bonchev–Trinajstić information content (AvgIpc) is 3.52. The maximum Gasteiger partial charge on any atom is 0.248 e. The Kier molecular flexibility index (Phi) is 11.7. The number of nitrogens with zero attached hydrogens (tertiary/aromatic N) is 3. The molecule has 45 heavy (non-hydrogen) atoms. The Hall–Kier alpha value is -1.78. The van der Waals surface area contributed by atoms with Gasteiger partial charge in [0.1, 0.15) is 0 Å². The highest BCUT2D eigenvalue weighted by Gasteiger charge is 2.48. The molecule has 2 aromatic rings. The molecule has 4 aliphatic rings. The number of carbonyl (C=O) groups excluding carboxylic acids is 1. The summed E-state index contributed by atoms with van der Waals surface area (Å²) in [7, 11) is -3.24. The Morgan fingerprint density at radius 3 is 2.04 bits per heavy atom. The van der Waals surface area contributed by atoms with Crippen LogP contribution in [0.15, 0.2) is 59.5 Å². The monoisotopic (exact) mass is 685 g/mol. The number of alkyl halides is 2. The smallest absolute Gasteiger partial charge is 0.248 e. The first kappa shape index (κ1) is 36.1. The number of sulfone groups is 1. The van der Waals surface area contributed by atoms with Crippen LogP contribution in [0.1, 0.15) is 62.0 Å². The van der Waals surface area contributed by atoms with Gasteiger partial charge in [0.25, 0.3) is 0 Å². The van der Waals surface area contributed by atoms with E-state index in [4.69, 9.17) is 0 Å². The Labute approximate surface area is 279 Å². The van der Waals surface area contributed by atoms with Gasteiger partial charge in [0.15, 0.2) is 9.84 Å². The van der Waals surface area contributed by atoms with Gasteiger partial charge in [-0.15, -0.1) is 24.8 Å². The van der Waals surface area contributed by atoms with E-state index in [-0.39, 0.29) is 49.0 Å². The summed E-state index contributed by atoms with van der Waals surface area (Å²) in [6.07, 6.45) is 5.12. The molecule has 6 nitrogen and oxygen atoms in total. The van der Waals surface area contributed by atoms with Crippen molar-refractivity contribution in [3.63, 3.8) is 0 Å². The molecule has 3 heterocycles. The summed E-state index contributed by atoms with van der Waals surface area (Å²) < 4.78 is 51.1. The zero-order chi connectivity index (χ0) is 30.2. The molecule has 2 atom stereocenters. The van der Waals surface area contributed by atoms with E-state index in [0.29, 0.717) is 42.0 Å². The summed E-state index contributed by atoms with van der Waals surface area (Å²) in [5.74, 6) is -0.969. The SMILES string of the molecule is CS(=O)(=O)c1ccc(CN2CCC3(CCN(C[C@H]4CN(CC5CCC(F)(F)CC5)C[C@@H]4c4ccccc4)CC3)C2=O)cc1.Cl.Cl. The second-order valence-electron chi connectivity index (χ2n) is 13.8. The third-order valence-corrected chi connectivity index (χ3v) is 11.9. The predicted molar refractivity (Wildman–Crippen MR) is 178 cm³/mol. The second kappa shape index (κ2) is 14.5. The van der Waals surface area contributed by atoms with Crippen molar-refractivity contribution in [2.45, 2.75) is 68.2 Å². The summed E-state index contributed by atoms with van der Waals surface area (Å²) in [5.41, 5.74) is 2.03. The Morgan fingerprint density at radius 1 is 0.800 bits per heavy atom. The van der Waals surface area contributed by atoms with Gasteiger partial charge in [0.2, 0.25) is 11.8 Å². The van der Waals surface area contributed by atoms with Crippen molar-refractivity contribution in [1.82, 2.24) is 14.7 Å². The van der Waals surface area contributed by atoms with Crippen molar-refractivity contribution in [2.75, 3.05) is 52.1 Å². The third-order valence-electron chi connectivity index (χ3n) is 10.7. The normalized spacial score (nSPS) is 25.7. The summed E-state index contributed by atoms with van der Waals surface area (Å²) in [6.45, 7) is 6.99. The van der Waals surface area contributed by atoms with E-state index < -0.39 is 15.8 Å². The molecule has 250 valence electrons. The van der Waals surface area contributed by atoms with Gasteiger partial charge in [-0.1, -0.05) is 42.5 Å². The molecule has 0 aromatic heterocycles. The highest BCUT2D eigenvalue weighted by molar-refractivity contribution is 7.90. The minimum atomic E-state index is -3.24. The largest absolute Gasteiger partial charge is 0.338 e. The molecule has 3 saturated heterocycles. The maximum atomic E-state index is 13.7. The molecule has 0 bridgehead atoms. The summed E-state index contributed by atoms with van der Waals surface area (Å²) in [4.78, 5) is 21.0. The summed E-state index contributed by atoms with van der Waals surface area (Å²) in [6, 6.07) is 17.6. The molecule has 1 spiro atoms. The van der Waals surface area contributed by atoms with Crippen LogP contribution in [-0.4, -0.2) is 87.0 Å². The zero-order valence-corrected chi connectivity index (χ0v) is 28.5. The predicted octanol–water partition coefficient (Wildman–Crippen LogP) is 6.29. The minimum Gasteiger partial charge on any atom is -0.338 e. The number of rotatable bonds is 8. The van der Waals surface area contributed by atoms with Gasteiger partial charge in [-0.2, -0.15) is 0 Å².